The number of nitro groups is 1. The Morgan fingerprint density at radius 3 is 2.20 bits per heavy atom. The van der Waals surface area contributed by atoms with Gasteiger partial charge in [-0.1, -0.05) is 0 Å². The minimum absolute atomic E-state index is 0.0759. The fourth-order valence-corrected chi connectivity index (χ4v) is 1.48. The molecule has 0 saturated heterocycles. The lowest BCUT2D eigenvalue weighted by Crippen LogP contribution is -2.29. The molecule has 0 aliphatic rings. The molecule has 0 atom stereocenters. The van der Waals surface area contributed by atoms with Crippen molar-refractivity contribution in [3.63, 3.8) is 0 Å². The Morgan fingerprint density at radius 2 is 1.65 bits per heavy atom. The van der Waals surface area contributed by atoms with E-state index in [-0.39, 0.29) is 11.4 Å². The molecule has 0 aliphatic heterocycles. The normalized spacial score (nSPS) is 9.80. The molecule has 3 N–H and O–H groups in total. The third-order valence-electron chi connectivity index (χ3n) is 2.53. The number of anilines is 1. The van der Waals surface area contributed by atoms with Crippen LogP contribution in [0.1, 0.15) is 10.4 Å². The van der Waals surface area contributed by atoms with Crippen LogP contribution in [0.5, 0.6) is 5.75 Å². The number of rotatable bonds is 4. The summed E-state index contributed by atoms with van der Waals surface area (Å²) in [4.78, 5) is 21.7. The van der Waals surface area contributed by atoms with Gasteiger partial charge >= 0.3 is 0 Å². The molecule has 0 unspecified atom stereocenters. The maximum absolute atomic E-state index is 11.8. The molecule has 2 aromatic carbocycles. The zero-order valence-electron chi connectivity index (χ0n) is 10.2. The molecule has 0 heterocycles. The summed E-state index contributed by atoms with van der Waals surface area (Å²) in [5.74, 6) is -0.301. The zero-order chi connectivity index (χ0) is 14.5. The summed E-state index contributed by atoms with van der Waals surface area (Å²) in [6, 6.07) is 11.4. The van der Waals surface area contributed by atoms with Crippen molar-refractivity contribution in [2.45, 2.75) is 0 Å². The number of hydrazine groups is 1. The number of carbonyl (C=O) groups excluding carboxylic acids is 1. The molecule has 7 nitrogen and oxygen atoms in total. The SMILES string of the molecule is O=C(NNc1ccc(O)cc1)c1ccc([N+](=O)[O-])cc1. The molecular formula is C13H11N3O4. The molecule has 0 saturated carbocycles. The van der Waals surface area contributed by atoms with Gasteiger partial charge in [0.15, 0.2) is 0 Å². The van der Waals surface area contributed by atoms with Gasteiger partial charge in [-0.05, 0) is 36.4 Å². The highest BCUT2D eigenvalue weighted by molar-refractivity contribution is 5.95. The first-order valence-corrected chi connectivity index (χ1v) is 5.66. The van der Waals surface area contributed by atoms with Crippen molar-refractivity contribution in [3.05, 3.63) is 64.2 Å². The Hall–Kier alpha value is -3.09. The van der Waals surface area contributed by atoms with Crippen molar-refractivity contribution < 1.29 is 14.8 Å². The van der Waals surface area contributed by atoms with Gasteiger partial charge in [-0.2, -0.15) is 0 Å². The number of carbonyl (C=O) groups is 1. The third-order valence-corrected chi connectivity index (χ3v) is 2.53. The molecule has 0 aromatic heterocycles. The second kappa shape index (κ2) is 5.70. The van der Waals surface area contributed by atoms with Crippen molar-refractivity contribution in [2.75, 3.05) is 5.43 Å². The second-order valence-corrected chi connectivity index (χ2v) is 3.93. The number of benzene rings is 2. The highest BCUT2D eigenvalue weighted by Crippen LogP contribution is 2.14. The van der Waals surface area contributed by atoms with Crippen LogP contribution in [0.15, 0.2) is 48.5 Å². The van der Waals surface area contributed by atoms with Crippen molar-refractivity contribution in [3.8, 4) is 5.75 Å². The van der Waals surface area contributed by atoms with E-state index in [1.807, 2.05) is 0 Å². The van der Waals surface area contributed by atoms with Gasteiger partial charge < -0.3 is 5.11 Å². The molecule has 0 fully saturated rings. The fraction of sp³-hybridized carbons (Fsp3) is 0. The van der Waals surface area contributed by atoms with Crippen LogP contribution < -0.4 is 10.9 Å². The predicted molar refractivity (Wildman–Crippen MR) is 72.3 cm³/mol. The molecule has 1 amide bonds. The first-order chi connectivity index (χ1) is 9.56. The van der Waals surface area contributed by atoms with E-state index in [1.54, 1.807) is 12.1 Å². The first kappa shape index (κ1) is 13.3. The summed E-state index contributed by atoms with van der Waals surface area (Å²) in [5.41, 5.74) is 5.92. The van der Waals surface area contributed by atoms with E-state index in [1.165, 1.54) is 36.4 Å². The quantitative estimate of drug-likeness (QED) is 0.449. The molecule has 2 aromatic rings. The van der Waals surface area contributed by atoms with Gasteiger partial charge in [0.25, 0.3) is 11.6 Å². The Labute approximate surface area is 114 Å². The summed E-state index contributed by atoms with van der Waals surface area (Å²) in [6.45, 7) is 0. The molecule has 0 spiro atoms. The van der Waals surface area contributed by atoms with Gasteiger partial charge in [-0.3, -0.25) is 25.8 Å². The summed E-state index contributed by atoms with van der Waals surface area (Å²) < 4.78 is 0. The predicted octanol–water partition coefficient (Wildman–Crippen LogP) is 2.06. The van der Waals surface area contributed by atoms with E-state index in [2.05, 4.69) is 10.9 Å². The Bertz CT molecular complexity index is 623. The Kier molecular flexibility index (Phi) is 3.80. The van der Waals surface area contributed by atoms with Crippen LogP contribution in [0.25, 0.3) is 0 Å². The van der Waals surface area contributed by atoms with Crippen molar-refractivity contribution in [2.24, 2.45) is 0 Å². The number of aromatic hydroxyl groups is 1. The largest absolute Gasteiger partial charge is 0.508 e. The highest BCUT2D eigenvalue weighted by atomic mass is 16.6. The third kappa shape index (κ3) is 3.22. The van der Waals surface area contributed by atoms with Gasteiger partial charge in [0.05, 0.1) is 10.6 Å². The number of phenols is 1. The minimum atomic E-state index is -0.531. The molecule has 0 aliphatic carbocycles. The number of hydrogen-bond acceptors (Lipinski definition) is 5. The lowest BCUT2D eigenvalue weighted by Gasteiger charge is -2.08. The van der Waals surface area contributed by atoms with Gasteiger partial charge in [-0.15, -0.1) is 0 Å². The lowest BCUT2D eigenvalue weighted by molar-refractivity contribution is -0.384. The number of amides is 1. The summed E-state index contributed by atoms with van der Waals surface area (Å²) in [6.07, 6.45) is 0. The molecular weight excluding hydrogens is 262 g/mol. The van der Waals surface area contributed by atoms with Crippen LogP contribution in [-0.4, -0.2) is 15.9 Å². The topological polar surface area (TPSA) is 104 Å². The van der Waals surface area contributed by atoms with Crippen LogP contribution >= 0.6 is 0 Å². The molecule has 2 rings (SSSR count). The maximum atomic E-state index is 11.8. The van der Waals surface area contributed by atoms with E-state index < -0.39 is 10.8 Å². The molecule has 0 bridgehead atoms. The molecule has 20 heavy (non-hydrogen) atoms. The summed E-state index contributed by atoms with van der Waals surface area (Å²) in [7, 11) is 0. The zero-order valence-corrected chi connectivity index (χ0v) is 10.2. The molecule has 0 radical (unpaired) electrons. The molecule has 102 valence electrons. The highest BCUT2D eigenvalue weighted by Gasteiger charge is 2.08. The average Bonchev–Trinajstić information content (AvgIpc) is 2.46. The number of nitro benzene ring substituents is 1. The van der Waals surface area contributed by atoms with E-state index in [4.69, 9.17) is 5.11 Å². The van der Waals surface area contributed by atoms with Gasteiger partial charge in [0.1, 0.15) is 5.75 Å². The maximum Gasteiger partial charge on any atom is 0.269 e. The second-order valence-electron chi connectivity index (χ2n) is 3.93. The van der Waals surface area contributed by atoms with E-state index in [0.717, 1.165) is 0 Å². The summed E-state index contributed by atoms with van der Waals surface area (Å²) >= 11 is 0. The van der Waals surface area contributed by atoms with Crippen LogP contribution in [-0.2, 0) is 0 Å². The minimum Gasteiger partial charge on any atom is -0.508 e. The number of nitrogens with zero attached hydrogens (tertiary/aromatic N) is 1. The van der Waals surface area contributed by atoms with Gasteiger partial charge in [-0.25, -0.2) is 0 Å². The average molecular weight is 273 g/mol. The van der Waals surface area contributed by atoms with Crippen LogP contribution in [0.2, 0.25) is 0 Å². The number of phenolic OH excluding ortho intramolecular Hbond substituents is 1. The van der Waals surface area contributed by atoms with Crippen LogP contribution in [0.4, 0.5) is 11.4 Å². The van der Waals surface area contributed by atoms with Gasteiger partial charge in [0.2, 0.25) is 0 Å². The summed E-state index contributed by atoms with van der Waals surface area (Å²) in [5, 5.41) is 19.6. The monoisotopic (exact) mass is 273 g/mol. The van der Waals surface area contributed by atoms with Crippen LogP contribution in [0, 0.1) is 10.1 Å². The molecule has 7 heteroatoms. The van der Waals surface area contributed by atoms with Gasteiger partial charge in [0, 0.05) is 17.7 Å². The number of hydrogen-bond donors (Lipinski definition) is 3. The Balaban J connectivity index is 1.97. The van der Waals surface area contributed by atoms with Crippen LogP contribution in [0.3, 0.4) is 0 Å². The van der Waals surface area contributed by atoms with Crippen molar-refractivity contribution in [1.29, 1.82) is 0 Å². The van der Waals surface area contributed by atoms with E-state index in [9.17, 15) is 14.9 Å². The smallest absolute Gasteiger partial charge is 0.269 e. The first-order valence-electron chi connectivity index (χ1n) is 5.66. The Morgan fingerprint density at radius 1 is 1.05 bits per heavy atom. The van der Waals surface area contributed by atoms with E-state index in [0.29, 0.717) is 11.3 Å². The van der Waals surface area contributed by atoms with Crippen molar-refractivity contribution >= 4 is 17.3 Å². The van der Waals surface area contributed by atoms with Crippen molar-refractivity contribution in [1.82, 2.24) is 5.43 Å². The lowest BCUT2D eigenvalue weighted by atomic mass is 10.2. The number of nitrogens with one attached hydrogen (secondary N) is 2. The number of non-ortho nitro benzene ring substituents is 1. The standard InChI is InChI=1S/C13H11N3O4/c17-12-7-3-10(4-8-12)14-15-13(18)9-1-5-11(6-2-9)16(19)20/h1-8,14,17H,(H,15,18). The fourth-order valence-electron chi connectivity index (χ4n) is 1.48. The van der Waals surface area contributed by atoms with E-state index >= 15 is 0 Å².